The Hall–Kier alpha value is -2.86. The Bertz CT molecular complexity index is 892. The summed E-state index contributed by atoms with van der Waals surface area (Å²) in [5.74, 6) is -0.852. The van der Waals surface area contributed by atoms with Gasteiger partial charge in [-0.25, -0.2) is 9.59 Å². The van der Waals surface area contributed by atoms with E-state index in [9.17, 15) is 19.8 Å². The second-order valence-electron chi connectivity index (χ2n) is 8.58. The Kier molecular flexibility index (Phi) is 9.40. The van der Waals surface area contributed by atoms with Crippen molar-refractivity contribution in [2.24, 2.45) is 0 Å². The van der Waals surface area contributed by atoms with Gasteiger partial charge in [-0.1, -0.05) is 36.4 Å². The van der Waals surface area contributed by atoms with Crippen LogP contribution in [0, 0.1) is 0 Å². The predicted octanol–water partition coefficient (Wildman–Crippen LogP) is 0.990. The highest BCUT2D eigenvalue weighted by molar-refractivity contribution is 5.89. The number of epoxide rings is 1. The van der Waals surface area contributed by atoms with Crippen LogP contribution in [-0.4, -0.2) is 98.4 Å². The summed E-state index contributed by atoms with van der Waals surface area (Å²) in [5.41, 5.74) is 0.966. The Morgan fingerprint density at radius 1 is 0.611 bits per heavy atom. The van der Waals surface area contributed by atoms with Gasteiger partial charge in [-0.05, 0) is 24.3 Å². The zero-order chi connectivity index (χ0) is 25.3. The third-order valence-corrected chi connectivity index (χ3v) is 5.79. The highest BCUT2D eigenvalue weighted by Gasteiger charge is 2.44. The highest BCUT2D eigenvalue weighted by Crippen LogP contribution is 2.27. The zero-order valence-electron chi connectivity index (χ0n) is 19.6. The molecule has 2 aromatic rings. The predicted molar refractivity (Wildman–Crippen MR) is 124 cm³/mol. The normalized spacial score (nSPS) is 29.6. The smallest absolute Gasteiger partial charge is 0.338 e. The first-order valence-corrected chi connectivity index (χ1v) is 11.8. The lowest BCUT2D eigenvalue weighted by atomic mass is 10.2. The molecule has 2 N–H and O–H groups in total. The minimum atomic E-state index is -0.710. The molecule has 10 heteroatoms. The average Bonchev–Trinajstić information content (AvgIpc) is 3.20. The van der Waals surface area contributed by atoms with Gasteiger partial charge in [0.15, 0.2) is 12.2 Å². The number of aliphatic hydroxyl groups is 2. The summed E-state index contributed by atoms with van der Waals surface area (Å²) in [6.45, 7) is 2.66. The molecule has 10 nitrogen and oxygen atoms in total. The van der Waals surface area contributed by atoms with Crippen LogP contribution >= 0.6 is 0 Å². The van der Waals surface area contributed by atoms with Gasteiger partial charge < -0.3 is 38.6 Å². The molecule has 6 atom stereocenters. The molecule has 0 bridgehead atoms. The number of carbonyl (C=O) groups is 2. The molecule has 0 aliphatic carbocycles. The number of hydrogen-bond acceptors (Lipinski definition) is 10. The number of esters is 2. The topological polar surface area (TPSA) is 133 Å². The summed E-state index contributed by atoms with van der Waals surface area (Å²) in [4.78, 5) is 23.1. The third-order valence-electron chi connectivity index (χ3n) is 5.79. The summed E-state index contributed by atoms with van der Waals surface area (Å²) < 4.78 is 30.2. The molecule has 2 aromatic carbocycles. The number of hydrogen-bond donors (Lipinski definition) is 2. The number of carbonyl (C=O) groups excluding carboxylic acids is 2. The fourth-order valence-electron chi connectivity index (χ4n) is 3.60. The van der Waals surface area contributed by atoms with Gasteiger partial charge in [-0.3, -0.25) is 0 Å². The average molecular weight is 503 g/mol. The molecule has 0 aromatic heterocycles. The zero-order valence-corrected chi connectivity index (χ0v) is 19.6. The number of ether oxygens (including phenoxy) is 6. The van der Waals surface area contributed by atoms with Crippen LogP contribution in [0.4, 0.5) is 0 Å². The first-order chi connectivity index (χ1) is 17.5. The maximum atomic E-state index is 11.6. The van der Waals surface area contributed by atoms with Gasteiger partial charge in [-0.2, -0.15) is 0 Å². The molecule has 0 amide bonds. The largest absolute Gasteiger partial charge is 0.453 e. The van der Waals surface area contributed by atoms with E-state index >= 15 is 0 Å². The Morgan fingerprint density at radius 2 is 1.00 bits per heavy atom. The lowest BCUT2D eigenvalue weighted by Crippen LogP contribution is -2.29. The van der Waals surface area contributed by atoms with Crippen molar-refractivity contribution in [3.63, 3.8) is 0 Å². The van der Waals surface area contributed by atoms with Crippen LogP contribution in [0.2, 0.25) is 0 Å². The van der Waals surface area contributed by atoms with Crippen molar-refractivity contribution in [3.8, 4) is 0 Å². The molecule has 0 spiro atoms. The van der Waals surface area contributed by atoms with E-state index in [0.29, 0.717) is 23.3 Å². The van der Waals surface area contributed by atoms with Crippen molar-refractivity contribution >= 4 is 11.9 Å². The minimum Gasteiger partial charge on any atom is -0.453 e. The van der Waals surface area contributed by atoms with Gasteiger partial charge in [0.25, 0.3) is 0 Å². The SMILES string of the molecule is C1OCC2OC12.O=C(O[C@@H]1COC[C@H]1O)c1ccccc1.O=C(O[C@H]1COC[C@@H]1O)c1ccccc1. The fraction of sp³-hybridized carbons (Fsp3) is 0.462. The lowest BCUT2D eigenvalue weighted by molar-refractivity contribution is 0.000797. The van der Waals surface area contributed by atoms with Crippen LogP contribution in [0.5, 0.6) is 0 Å². The van der Waals surface area contributed by atoms with Gasteiger partial charge in [-0.15, -0.1) is 0 Å². The van der Waals surface area contributed by atoms with E-state index in [2.05, 4.69) is 0 Å². The molecule has 4 fully saturated rings. The second kappa shape index (κ2) is 12.9. The summed E-state index contributed by atoms with van der Waals surface area (Å²) in [6.07, 6.45) is -1.53. The molecule has 2 unspecified atom stereocenters. The van der Waals surface area contributed by atoms with Crippen LogP contribution in [0.25, 0.3) is 0 Å². The van der Waals surface area contributed by atoms with Crippen LogP contribution in [0.15, 0.2) is 60.7 Å². The second-order valence-corrected chi connectivity index (χ2v) is 8.58. The summed E-state index contributed by atoms with van der Waals surface area (Å²) in [7, 11) is 0. The molecular weight excluding hydrogens is 472 g/mol. The van der Waals surface area contributed by atoms with Crippen LogP contribution in [-0.2, 0) is 28.4 Å². The summed E-state index contributed by atoms with van der Waals surface area (Å²) in [6, 6.07) is 17.4. The Balaban J connectivity index is 0.000000137. The Morgan fingerprint density at radius 3 is 1.28 bits per heavy atom. The van der Waals surface area contributed by atoms with Crippen LogP contribution in [0.1, 0.15) is 20.7 Å². The van der Waals surface area contributed by atoms with E-state index in [4.69, 9.17) is 28.4 Å². The van der Waals surface area contributed by atoms with Gasteiger partial charge >= 0.3 is 11.9 Å². The molecule has 36 heavy (non-hydrogen) atoms. The van der Waals surface area contributed by atoms with E-state index in [1.165, 1.54) is 0 Å². The maximum Gasteiger partial charge on any atom is 0.338 e. The Labute approximate surface area is 208 Å². The number of aliphatic hydroxyl groups excluding tert-OH is 2. The molecule has 4 aliphatic rings. The van der Waals surface area contributed by atoms with Crippen LogP contribution < -0.4 is 0 Å². The van der Waals surface area contributed by atoms with E-state index in [1.807, 2.05) is 12.1 Å². The fourth-order valence-corrected chi connectivity index (χ4v) is 3.60. The first kappa shape index (κ1) is 26.2. The standard InChI is InChI=1S/2C11H12O4.C4H6O2/c2*12-9-6-14-7-10(9)15-11(13)8-4-2-1-3-5-8;1-3-4(6-3)2-5-1/h2*1-5,9-10,12H,6-7H2;3-4H,1-2H2/t2*9-,10-;/m10./s1. The number of benzene rings is 2. The highest BCUT2D eigenvalue weighted by atomic mass is 16.7. The van der Waals surface area contributed by atoms with Gasteiger partial charge in [0.2, 0.25) is 0 Å². The quantitative estimate of drug-likeness (QED) is 0.461. The molecule has 4 saturated heterocycles. The summed E-state index contributed by atoms with van der Waals surface area (Å²) in [5, 5.41) is 18.8. The van der Waals surface area contributed by atoms with Crippen LogP contribution in [0.3, 0.4) is 0 Å². The van der Waals surface area contributed by atoms with Crippen molar-refractivity contribution in [3.05, 3.63) is 71.8 Å². The first-order valence-electron chi connectivity index (χ1n) is 11.8. The van der Waals surface area contributed by atoms with Gasteiger partial charge in [0, 0.05) is 0 Å². The third kappa shape index (κ3) is 7.57. The lowest BCUT2D eigenvalue weighted by Gasteiger charge is -2.13. The molecule has 4 heterocycles. The van der Waals surface area contributed by atoms with E-state index in [1.54, 1.807) is 48.5 Å². The van der Waals surface area contributed by atoms with Gasteiger partial charge in [0.1, 0.15) is 24.4 Å². The molecule has 194 valence electrons. The molecule has 0 radical (unpaired) electrons. The van der Waals surface area contributed by atoms with Crippen molar-refractivity contribution in [1.29, 1.82) is 0 Å². The molecule has 6 rings (SSSR count). The van der Waals surface area contributed by atoms with Crippen molar-refractivity contribution in [2.45, 2.75) is 36.6 Å². The number of fused-ring (bicyclic) bond motifs is 1. The minimum absolute atomic E-state index is 0.229. The van der Waals surface area contributed by atoms with E-state index in [0.717, 1.165) is 13.2 Å². The molecule has 0 saturated carbocycles. The monoisotopic (exact) mass is 502 g/mol. The van der Waals surface area contributed by atoms with Crippen molar-refractivity contribution in [2.75, 3.05) is 39.6 Å². The van der Waals surface area contributed by atoms with E-state index in [-0.39, 0.29) is 26.4 Å². The van der Waals surface area contributed by atoms with E-state index < -0.39 is 36.4 Å². The number of rotatable bonds is 4. The molecule has 4 aliphatic heterocycles. The summed E-state index contributed by atoms with van der Waals surface area (Å²) >= 11 is 0. The van der Waals surface area contributed by atoms with Crippen molar-refractivity contribution in [1.82, 2.24) is 0 Å². The van der Waals surface area contributed by atoms with Crippen molar-refractivity contribution < 1.29 is 48.2 Å². The van der Waals surface area contributed by atoms with Gasteiger partial charge in [0.05, 0.1) is 50.8 Å². The molecular formula is C26H30O10. The maximum absolute atomic E-state index is 11.6.